The Morgan fingerprint density at radius 2 is 2.00 bits per heavy atom. The smallest absolute Gasteiger partial charge is 0.0909 e. The van der Waals surface area contributed by atoms with Gasteiger partial charge in [0.2, 0.25) is 0 Å². The molecule has 0 aromatic rings. The maximum Gasteiger partial charge on any atom is 0.0909 e. The van der Waals surface area contributed by atoms with Crippen LogP contribution >= 0.6 is 0 Å². The van der Waals surface area contributed by atoms with Gasteiger partial charge in [-0.1, -0.05) is 20.8 Å². The molecule has 0 saturated heterocycles. The molecular weight excluding hydrogens is 172 g/mol. The molecule has 2 nitrogen and oxygen atoms in total. The first kappa shape index (κ1) is 10.0. The van der Waals surface area contributed by atoms with Crippen molar-refractivity contribution in [1.82, 2.24) is 0 Å². The van der Waals surface area contributed by atoms with Crippen LogP contribution in [0.4, 0.5) is 0 Å². The zero-order valence-corrected chi connectivity index (χ0v) is 9.80. The molecule has 80 valence electrons. The quantitative estimate of drug-likeness (QED) is 0.505. The van der Waals surface area contributed by atoms with E-state index in [9.17, 15) is 0 Å². The molecule has 2 aliphatic rings. The zero-order chi connectivity index (χ0) is 10.6. The predicted molar refractivity (Wildman–Crippen MR) is 60.3 cm³/mol. The molecule has 0 amide bonds. The van der Waals surface area contributed by atoms with Crippen LogP contribution < -0.4 is 5.73 Å². The Bertz CT molecular complexity index is 271. The number of amidine groups is 1. The number of fused-ring (bicyclic) bond motifs is 2. The Kier molecular flexibility index (Phi) is 1.96. The number of aliphatic imine (C=N–C) groups is 1. The van der Waals surface area contributed by atoms with Gasteiger partial charge < -0.3 is 5.73 Å². The molecule has 3 atom stereocenters. The van der Waals surface area contributed by atoms with E-state index in [1.807, 2.05) is 6.92 Å². The average molecular weight is 194 g/mol. The summed E-state index contributed by atoms with van der Waals surface area (Å²) in [5, 5.41) is 0. The monoisotopic (exact) mass is 194 g/mol. The van der Waals surface area contributed by atoms with Crippen LogP contribution in [-0.4, -0.2) is 11.9 Å². The fraction of sp³-hybridized carbons (Fsp3) is 0.917. The summed E-state index contributed by atoms with van der Waals surface area (Å²) < 4.78 is 0. The predicted octanol–water partition coefficient (Wildman–Crippen LogP) is 2.58. The molecule has 0 aromatic carbocycles. The van der Waals surface area contributed by atoms with Gasteiger partial charge in [0, 0.05) is 0 Å². The molecule has 14 heavy (non-hydrogen) atoms. The summed E-state index contributed by atoms with van der Waals surface area (Å²) >= 11 is 0. The Balaban J connectivity index is 2.35. The van der Waals surface area contributed by atoms with Crippen molar-refractivity contribution in [2.45, 2.75) is 53.0 Å². The lowest BCUT2D eigenvalue weighted by Crippen LogP contribution is -2.40. The molecule has 2 bridgehead atoms. The SMILES string of the molecule is CC(N)=NC1C2(C)CCC(C2)C1(C)C. The van der Waals surface area contributed by atoms with E-state index in [4.69, 9.17) is 5.73 Å². The summed E-state index contributed by atoms with van der Waals surface area (Å²) in [5.74, 6) is 1.61. The van der Waals surface area contributed by atoms with Crippen molar-refractivity contribution < 1.29 is 0 Å². The van der Waals surface area contributed by atoms with Gasteiger partial charge in [0.1, 0.15) is 0 Å². The van der Waals surface area contributed by atoms with Gasteiger partial charge in [0.15, 0.2) is 0 Å². The highest BCUT2D eigenvalue weighted by Crippen LogP contribution is 2.63. The second kappa shape index (κ2) is 2.74. The Morgan fingerprint density at radius 1 is 1.36 bits per heavy atom. The van der Waals surface area contributed by atoms with Crippen molar-refractivity contribution in [3.8, 4) is 0 Å². The molecule has 0 heterocycles. The third-order valence-corrected chi connectivity index (χ3v) is 4.53. The Morgan fingerprint density at radius 3 is 2.43 bits per heavy atom. The average Bonchev–Trinajstić information content (AvgIpc) is 2.49. The minimum absolute atomic E-state index is 0.355. The van der Waals surface area contributed by atoms with E-state index in [0.29, 0.717) is 16.9 Å². The minimum atomic E-state index is 0.355. The van der Waals surface area contributed by atoms with Crippen LogP contribution in [0.25, 0.3) is 0 Å². The van der Waals surface area contributed by atoms with E-state index in [1.54, 1.807) is 0 Å². The fourth-order valence-electron chi connectivity index (χ4n) is 3.80. The van der Waals surface area contributed by atoms with E-state index in [2.05, 4.69) is 25.8 Å². The first-order valence-corrected chi connectivity index (χ1v) is 5.66. The van der Waals surface area contributed by atoms with Crippen LogP contribution in [0.1, 0.15) is 47.0 Å². The van der Waals surface area contributed by atoms with Crippen molar-refractivity contribution in [2.75, 3.05) is 0 Å². The van der Waals surface area contributed by atoms with E-state index in [0.717, 1.165) is 11.8 Å². The number of nitrogens with two attached hydrogens (primary N) is 1. The molecule has 0 radical (unpaired) electrons. The molecule has 3 unspecified atom stereocenters. The molecule has 2 fully saturated rings. The van der Waals surface area contributed by atoms with Crippen LogP contribution in [0.5, 0.6) is 0 Å². The Hall–Kier alpha value is -0.530. The number of nitrogens with zero attached hydrogens (tertiary/aromatic N) is 1. The van der Waals surface area contributed by atoms with E-state index in [-0.39, 0.29) is 0 Å². The van der Waals surface area contributed by atoms with Gasteiger partial charge in [0.05, 0.1) is 11.9 Å². The number of hydrogen-bond donors (Lipinski definition) is 1. The highest BCUT2D eigenvalue weighted by atomic mass is 14.9. The van der Waals surface area contributed by atoms with Gasteiger partial charge in [-0.05, 0) is 42.9 Å². The van der Waals surface area contributed by atoms with Crippen LogP contribution in [0.3, 0.4) is 0 Å². The maximum atomic E-state index is 5.73. The largest absolute Gasteiger partial charge is 0.388 e. The summed E-state index contributed by atoms with van der Waals surface area (Å²) in [6, 6.07) is 0.443. The molecule has 0 aromatic heterocycles. The van der Waals surface area contributed by atoms with Gasteiger partial charge >= 0.3 is 0 Å². The summed E-state index contributed by atoms with van der Waals surface area (Å²) in [6.07, 6.45) is 4.07. The second-order valence-corrected chi connectivity index (χ2v) is 6.09. The zero-order valence-electron chi connectivity index (χ0n) is 9.80. The van der Waals surface area contributed by atoms with Gasteiger partial charge in [-0.25, -0.2) is 0 Å². The standard InChI is InChI=1S/C12H22N2/c1-8(13)14-10-11(2,3)9-5-6-12(10,4)7-9/h9-10H,5-7H2,1-4H3,(H2,13,14). The normalized spacial score (nSPS) is 45.9. The summed E-state index contributed by atoms with van der Waals surface area (Å²) in [4.78, 5) is 4.68. The molecule has 0 aliphatic heterocycles. The Labute approximate surface area is 87.0 Å². The number of hydrogen-bond acceptors (Lipinski definition) is 1. The third kappa shape index (κ3) is 1.19. The van der Waals surface area contributed by atoms with Crippen molar-refractivity contribution in [3.05, 3.63) is 0 Å². The van der Waals surface area contributed by atoms with Gasteiger partial charge in [-0.15, -0.1) is 0 Å². The molecule has 2 saturated carbocycles. The first-order valence-electron chi connectivity index (χ1n) is 5.66. The topological polar surface area (TPSA) is 38.4 Å². The molecule has 0 spiro atoms. The lowest BCUT2D eigenvalue weighted by molar-refractivity contribution is 0.142. The summed E-state index contributed by atoms with van der Waals surface area (Å²) in [7, 11) is 0. The van der Waals surface area contributed by atoms with E-state index < -0.39 is 0 Å². The van der Waals surface area contributed by atoms with E-state index >= 15 is 0 Å². The van der Waals surface area contributed by atoms with Gasteiger partial charge in [-0.2, -0.15) is 0 Å². The van der Waals surface area contributed by atoms with Crippen molar-refractivity contribution in [3.63, 3.8) is 0 Å². The number of rotatable bonds is 1. The lowest BCUT2D eigenvalue weighted by Gasteiger charge is -2.40. The highest BCUT2D eigenvalue weighted by molar-refractivity contribution is 5.77. The molecule has 2 N–H and O–H groups in total. The maximum absolute atomic E-state index is 5.73. The highest BCUT2D eigenvalue weighted by Gasteiger charge is 2.59. The van der Waals surface area contributed by atoms with Crippen LogP contribution in [0.2, 0.25) is 0 Å². The van der Waals surface area contributed by atoms with Crippen LogP contribution in [0, 0.1) is 16.7 Å². The minimum Gasteiger partial charge on any atom is -0.388 e. The first-order chi connectivity index (χ1) is 6.36. The van der Waals surface area contributed by atoms with Crippen LogP contribution in [-0.2, 0) is 0 Å². The van der Waals surface area contributed by atoms with Crippen LogP contribution in [0.15, 0.2) is 4.99 Å². The molecule has 2 heteroatoms. The molecule has 2 aliphatic carbocycles. The third-order valence-electron chi connectivity index (χ3n) is 4.53. The van der Waals surface area contributed by atoms with Gasteiger partial charge in [0.25, 0.3) is 0 Å². The van der Waals surface area contributed by atoms with Crippen molar-refractivity contribution in [2.24, 2.45) is 27.5 Å². The summed E-state index contributed by atoms with van der Waals surface area (Å²) in [6.45, 7) is 9.02. The van der Waals surface area contributed by atoms with E-state index in [1.165, 1.54) is 19.3 Å². The second-order valence-electron chi connectivity index (χ2n) is 6.09. The summed E-state index contributed by atoms with van der Waals surface area (Å²) in [5.41, 5.74) is 6.51. The van der Waals surface area contributed by atoms with Gasteiger partial charge in [-0.3, -0.25) is 4.99 Å². The molecular formula is C12H22N2. The fourth-order valence-corrected chi connectivity index (χ4v) is 3.80. The van der Waals surface area contributed by atoms with Crippen molar-refractivity contribution in [1.29, 1.82) is 0 Å². The molecule has 2 rings (SSSR count). The van der Waals surface area contributed by atoms with Crippen molar-refractivity contribution >= 4 is 5.84 Å². The lowest BCUT2D eigenvalue weighted by atomic mass is 9.69.